The number of anilines is 1. The third-order valence-electron chi connectivity index (χ3n) is 5.53. The number of nitrogens with zero attached hydrogens (tertiary/aromatic N) is 1. The van der Waals surface area contributed by atoms with E-state index in [2.05, 4.69) is 26.8 Å². The lowest BCUT2D eigenvalue weighted by molar-refractivity contribution is -0.117. The Morgan fingerprint density at radius 1 is 1.41 bits per heavy atom. The molecule has 0 bridgehead atoms. The summed E-state index contributed by atoms with van der Waals surface area (Å²) < 4.78 is 10.7. The fourth-order valence-electron chi connectivity index (χ4n) is 3.73. The Bertz CT molecular complexity index is 779. The fraction of sp³-hybridized carbons (Fsp3) is 0.632. The molecule has 1 saturated heterocycles. The molecule has 4 atom stereocenters. The average molecular weight is 372 g/mol. The highest BCUT2D eigenvalue weighted by Gasteiger charge is 2.42. The van der Waals surface area contributed by atoms with Crippen LogP contribution in [0, 0.1) is 24.2 Å². The molecule has 0 aromatic carbocycles. The van der Waals surface area contributed by atoms with Crippen molar-refractivity contribution in [3.05, 3.63) is 11.8 Å². The minimum Gasteiger partial charge on any atom is -0.446 e. The predicted octanol–water partition coefficient (Wildman–Crippen LogP) is 1.77. The third kappa shape index (κ3) is 3.93. The molecule has 1 aromatic rings. The number of H-pyrrole nitrogens is 1. The number of amides is 2. The number of aromatic nitrogens is 2. The van der Waals surface area contributed by atoms with Crippen molar-refractivity contribution in [1.29, 1.82) is 0 Å². The molecule has 1 aliphatic heterocycles. The van der Waals surface area contributed by atoms with Crippen LogP contribution in [0.4, 0.5) is 10.6 Å². The minimum atomic E-state index is -0.392. The molecule has 2 heterocycles. The van der Waals surface area contributed by atoms with Gasteiger partial charge in [-0.3, -0.25) is 9.89 Å². The third-order valence-corrected chi connectivity index (χ3v) is 5.53. The van der Waals surface area contributed by atoms with E-state index < -0.39 is 6.09 Å². The first-order valence-corrected chi connectivity index (χ1v) is 9.34. The molecule has 27 heavy (non-hydrogen) atoms. The lowest BCUT2D eigenvalue weighted by atomic mass is 10.0. The van der Waals surface area contributed by atoms with Gasteiger partial charge in [0.2, 0.25) is 5.91 Å². The van der Waals surface area contributed by atoms with Gasteiger partial charge >= 0.3 is 6.09 Å². The zero-order valence-electron chi connectivity index (χ0n) is 15.3. The van der Waals surface area contributed by atoms with Crippen LogP contribution >= 0.6 is 0 Å². The summed E-state index contributed by atoms with van der Waals surface area (Å²) in [5.41, 5.74) is 0.631. The molecule has 144 valence electrons. The van der Waals surface area contributed by atoms with E-state index in [-0.39, 0.29) is 35.3 Å². The van der Waals surface area contributed by atoms with E-state index in [0.717, 1.165) is 31.4 Å². The summed E-state index contributed by atoms with van der Waals surface area (Å²) in [4.78, 5) is 24.1. The van der Waals surface area contributed by atoms with Crippen molar-refractivity contribution < 1.29 is 19.1 Å². The lowest BCUT2D eigenvalue weighted by Gasteiger charge is -2.38. The first kappa shape index (κ1) is 17.9. The largest absolute Gasteiger partial charge is 0.446 e. The Labute approximate surface area is 157 Å². The van der Waals surface area contributed by atoms with Crippen LogP contribution in [0.15, 0.2) is 6.07 Å². The number of carbonyl (C=O) groups excluding carboxylic acids is 2. The van der Waals surface area contributed by atoms with Crippen molar-refractivity contribution in [3.8, 4) is 12.3 Å². The summed E-state index contributed by atoms with van der Waals surface area (Å²) in [6.45, 7) is 2.96. The number of hydrogen-bond donors (Lipinski definition) is 3. The highest BCUT2D eigenvalue weighted by molar-refractivity contribution is 5.94. The predicted molar refractivity (Wildman–Crippen MR) is 96.9 cm³/mol. The Morgan fingerprint density at radius 3 is 2.89 bits per heavy atom. The zero-order valence-corrected chi connectivity index (χ0v) is 15.3. The van der Waals surface area contributed by atoms with Crippen molar-refractivity contribution in [2.45, 2.75) is 50.2 Å². The molecular formula is C19H24N4O4. The van der Waals surface area contributed by atoms with Crippen LogP contribution in [-0.4, -0.2) is 47.1 Å². The number of terminal acetylenes is 1. The molecule has 4 rings (SSSR count). The number of alkyl carbamates (subject to hydrolysis) is 1. The standard InChI is InChI=1S/C19H24N4O4/c1-3-11-7-14(11)17(24)20-16-8-15(22-23-16)12-4-5-13(6-12)27-18(25)21-19(2)9-26-10-19/h1,8,11-14H,4-7,9-10H2,2H3,(H,21,25)(H2,20,22,23,24)/t11-,12+,13-,14-/m0/s1. The number of ether oxygens (including phenoxy) is 2. The number of carbonyl (C=O) groups is 2. The first-order chi connectivity index (χ1) is 13.0. The minimum absolute atomic E-state index is 0.0519. The van der Waals surface area contributed by atoms with Crippen LogP contribution in [0.25, 0.3) is 0 Å². The molecule has 2 aliphatic carbocycles. The summed E-state index contributed by atoms with van der Waals surface area (Å²) in [6.07, 6.45) is 8.00. The molecule has 0 radical (unpaired) electrons. The van der Waals surface area contributed by atoms with E-state index in [1.165, 1.54) is 0 Å². The molecule has 2 saturated carbocycles. The Morgan fingerprint density at radius 2 is 2.22 bits per heavy atom. The summed E-state index contributed by atoms with van der Waals surface area (Å²) in [6, 6.07) is 1.85. The van der Waals surface area contributed by atoms with Gasteiger partial charge in [-0.15, -0.1) is 12.3 Å². The van der Waals surface area contributed by atoms with E-state index in [4.69, 9.17) is 15.9 Å². The second-order valence-electron chi connectivity index (χ2n) is 8.03. The Balaban J connectivity index is 1.25. The van der Waals surface area contributed by atoms with Gasteiger partial charge < -0.3 is 20.1 Å². The first-order valence-electron chi connectivity index (χ1n) is 9.34. The summed E-state index contributed by atoms with van der Waals surface area (Å²) in [7, 11) is 0. The van der Waals surface area contributed by atoms with Gasteiger partial charge in [0.25, 0.3) is 0 Å². The van der Waals surface area contributed by atoms with Crippen LogP contribution in [0.1, 0.15) is 44.2 Å². The maximum Gasteiger partial charge on any atom is 0.407 e. The normalized spacial score (nSPS) is 30.7. The van der Waals surface area contributed by atoms with Crippen LogP contribution in [-0.2, 0) is 14.3 Å². The highest BCUT2D eigenvalue weighted by Crippen LogP contribution is 2.39. The number of nitrogens with one attached hydrogen (secondary N) is 3. The maximum atomic E-state index is 12.1. The highest BCUT2D eigenvalue weighted by atomic mass is 16.6. The number of aromatic amines is 1. The van der Waals surface area contributed by atoms with Gasteiger partial charge in [-0.05, 0) is 32.6 Å². The second kappa shape index (κ2) is 6.89. The van der Waals surface area contributed by atoms with Gasteiger partial charge in [-0.25, -0.2) is 4.79 Å². The van der Waals surface area contributed by atoms with E-state index in [1.54, 1.807) is 0 Å². The molecule has 8 nitrogen and oxygen atoms in total. The average Bonchev–Trinajstić information content (AvgIpc) is 3.02. The molecular weight excluding hydrogens is 348 g/mol. The van der Waals surface area contributed by atoms with E-state index in [9.17, 15) is 9.59 Å². The van der Waals surface area contributed by atoms with Crippen molar-refractivity contribution in [1.82, 2.24) is 15.5 Å². The van der Waals surface area contributed by atoms with Crippen molar-refractivity contribution in [3.63, 3.8) is 0 Å². The summed E-state index contributed by atoms with van der Waals surface area (Å²) >= 11 is 0. The SMILES string of the molecule is C#C[C@H]1C[C@@H]1C(=O)Nc1cc([C@@H]2CC[C@H](OC(=O)NC3(C)COC3)C2)[nH]n1. The molecule has 3 aliphatic rings. The molecule has 2 amide bonds. The molecule has 3 fully saturated rings. The number of hydrogen-bond acceptors (Lipinski definition) is 5. The number of rotatable bonds is 5. The zero-order chi connectivity index (χ0) is 19.0. The second-order valence-corrected chi connectivity index (χ2v) is 8.03. The van der Waals surface area contributed by atoms with E-state index in [1.807, 2.05) is 13.0 Å². The topological polar surface area (TPSA) is 105 Å². The van der Waals surface area contributed by atoms with Gasteiger partial charge in [0, 0.05) is 23.6 Å². The van der Waals surface area contributed by atoms with Gasteiger partial charge in [0.05, 0.1) is 24.7 Å². The molecule has 0 unspecified atom stereocenters. The van der Waals surface area contributed by atoms with Crippen LogP contribution in [0.2, 0.25) is 0 Å². The monoisotopic (exact) mass is 372 g/mol. The van der Waals surface area contributed by atoms with Crippen LogP contribution in [0.5, 0.6) is 0 Å². The summed E-state index contributed by atoms with van der Waals surface area (Å²) in [5, 5.41) is 12.8. The molecule has 8 heteroatoms. The summed E-state index contributed by atoms with van der Waals surface area (Å²) in [5.74, 6) is 3.22. The maximum absolute atomic E-state index is 12.1. The van der Waals surface area contributed by atoms with Crippen LogP contribution in [0.3, 0.4) is 0 Å². The molecule has 3 N–H and O–H groups in total. The Hall–Kier alpha value is -2.53. The van der Waals surface area contributed by atoms with Gasteiger partial charge in [-0.1, -0.05) is 0 Å². The molecule has 1 aromatic heterocycles. The van der Waals surface area contributed by atoms with Gasteiger partial charge in [0.1, 0.15) is 6.10 Å². The van der Waals surface area contributed by atoms with Crippen LogP contribution < -0.4 is 10.6 Å². The smallest absolute Gasteiger partial charge is 0.407 e. The fourth-order valence-corrected chi connectivity index (χ4v) is 3.73. The van der Waals surface area contributed by atoms with E-state index >= 15 is 0 Å². The quantitative estimate of drug-likeness (QED) is 0.683. The Kier molecular flexibility index (Phi) is 4.56. The van der Waals surface area contributed by atoms with Crippen molar-refractivity contribution in [2.24, 2.45) is 11.8 Å². The van der Waals surface area contributed by atoms with Crippen molar-refractivity contribution in [2.75, 3.05) is 18.5 Å². The van der Waals surface area contributed by atoms with Gasteiger partial charge in [0.15, 0.2) is 5.82 Å². The van der Waals surface area contributed by atoms with Gasteiger partial charge in [-0.2, -0.15) is 5.10 Å². The lowest BCUT2D eigenvalue weighted by Crippen LogP contribution is -2.60. The molecule has 0 spiro atoms. The van der Waals surface area contributed by atoms with E-state index in [0.29, 0.717) is 19.0 Å². The van der Waals surface area contributed by atoms with Crippen molar-refractivity contribution >= 4 is 17.8 Å².